The van der Waals surface area contributed by atoms with Gasteiger partial charge in [-0.3, -0.25) is 0 Å². The minimum atomic E-state index is -1.60. The van der Waals surface area contributed by atoms with Crippen LogP contribution in [0.5, 0.6) is 0 Å². The monoisotopic (exact) mass is 682 g/mol. The normalized spacial score (nSPS) is 18.5. The van der Waals surface area contributed by atoms with E-state index < -0.39 is 77.7 Å². The van der Waals surface area contributed by atoms with Crippen molar-refractivity contribution < 1.29 is 52.8 Å². The predicted molar refractivity (Wildman–Crippen MR) is 175 cm³/mol. The number of carbonyl (C=O) groups is 5. The molecule has 1 fully saturated rings. The largest absolute Gasteiger partial charge is 0.478 e. The fraction of sp³-hybridized carbons (Fsp3) is 0.270. The lowest BCUT2D eigenvalue weighted by Gasteiger charge is -2.25. The topological polar surface area (TPSA) is 178 Å². The Hall–Kier alpha value is -5.95. The molecule has 0 saturated carbocycles. The van der Waals surface area contributed by atoms with Crippen molar-refractivity contribution in [2.45, 2.75) is 57.7 Å². The second-order valence-electron chi connectivity index (χ2n) is 12.2. The molecule has 1 saturated heterocycles. The summed E-state index contributed by atoms with van der Waals surface area (Å²) in [7, 11) is 0. The molecular weight excluding hydrogens is 648 g/mol. The molecule has 13 heteroatoms. The standard InChI is InChI=1S/C37H34N2O11/c1-21-38-27(26(32(40)41)28(39-21)36(45)50-37(2,3)4)30-31(49-35(44)24-18-12-7-13-19-24)29(48-34(43)23-16-10-6-11-17-23)25(47-30)20-46-33(42)22-14-8-5-9-15-22/h5-19,25,29-31H,20H2,1-4H3,(H,40,41)/t25-,29-,30+,31-/m1/s1. The van der Waals surface area contributed by atoms with Crippen molar-refractivity contribution in [1.29, 1.82) is 0 Å². The van der Waals surface area contributed by atoms with Gasteiger partial charge in [-0.15, -0.1) is 0 Å². The minimum Gasteiger partial charge on any atom is -0.478 e. The molecule has 3 aromatic carbocycles. The van der Waals surface area contributed by atoms with E-state index in [1.165, 1.54) is 31.2 Å². The van der Waals surface area contributed by atoms with Crippen molar-refractivity contribution >= 4 is 29.8 Å². The lowest BCUT2D eigenvalue weighted by molar-refractivity contribution is -0.0452. The van der Waals surface area contributed by atoms with E-state index in [4.69, 9.17) is 23.7 Å². The summed E-state index contributed by atoms with van der Waals surface area (Å²) in [5.41, 5.74) is -2.09. The molecule has 0 bridgehead atoms. The fourth-order valence-electron chi connectivity index (χ4n) is 5.19. The third kappa shape index (κ3) is 8.36. The third-order valence-corrected chi connectivity index (χ3v) is 7.33. The first-order valence-electron chi connectivity index (χ1n) is 15.6. The van der Waals surface area contributed by atoms with Crippen LogP contribution >= 0.6 is 0 Å². The molecule has 50 heavy (non-hydrogen) atoms. The van der Waals surface area contributed by atoms with Gasteiger partial charge in [0, 0.05) is 0 Å². The van der Waals surface area contributed by atoms with E-state index in [0.717, 1.165) is 0 Å². The Morgan fingerprint density at radius 1 is 0.700 bits per heavy atom. The van der Waals surface area contributed by atoms with Gasteiger partial charge in [0.05, 0.1) is 22.4 Å². The van der Waals surface area contributed by atoms with Crippen LogP contribution in [0.4, 0.5) is 0 Å². The van der Waals surface area contributed by atoms with Crippen molar-refractivity contribution in [2.24, 2.45) is 0 Å². The van der Waals surface area contributed by atoms with E-state index >= 15 is 0 Å². The first kappa shape index (κ1) is 35.4. The summed E-state index contributed by atoms with van der Waals surface area (Å²) in [5.74, 6) is -5.08. The molecule has 0 radical (unpaired) electrons. The van der Waals surface area contributed by atoms with Crippen LogP contribution in [0.1, 0.15) is 90.3 Å². The van der Waals surface area contributed by atoms with E-state index in [2.05, 4.69) is 9.97 Å². The van der Waals surface area contributed by atoms with Gasteiger partial charge >= 0.3 is 29.8 Å². The van der Waals surface area contributed by atoms with E-state index in [0.29, 0.717) is 0 Å². The highest BCUT2D eigenvalue weighted by Crippen LogP contribution is 2.40. The average Bonchev–Trinajstić information content (AvgIpc) is 3.42. The number of nitrogens with zero attached hydrogens (tertiary/aromatic N) is 2. The Bertz CT molecular complexity index is 1880. The van der Waals surface area contributed by atoms with Gasteiger partial charge in [0.1, 0.15) is 35.8 Å². The molecule has 258 valence electrons. The lowest BCUT2D eigenvalue weighted by Crippen LogP contribution is -2.41. The van der Waals surface area contributed by atoms with Crippen LogP contribution < -0.4 is 0 Å². The number of ether oxygens (including phenoxy) is 5. The maximum Gasteiger partial charge on any atom is 0.358 e. The maximum absolute atomic E-state index is 13.5. The van der Waals surface area contributed by atoms with Crippen LogP contribution in [0.2, 0.25) is 0 Å². The molecule has 13 nitrogen and oxygen atoms in total. The SMILES string of the molecule is Cc1nc(C(=O)OC(C)(C)C)c(C(=O)O)c([C@@H]2O[C@H](COC(=O)c3ccccc3)[C@@H](OC(=O)c3ccccc3)[C@H]2OC(=O)c2ccccc2)n1. The molecule has 2 heterocycles. The number of benzene rings is 3. The number of rotatable bonds is 10. The summed E-state index contributed by atoms with van der Waals surface area (Å²) < 4.78 is 29.1. The predicted octanol–water partition coefficient (Wildman–Crippen LogP) is 5.19. The summed E-state index contributed by atoms with van der Waals surface area (Å²) in [6.07, 6.45) is -5.90. The van der Waals surface area contributed by atoms with Crippen molar-refractivity contribution in [3.63, 3.8) is 0 Å². The van der Waals surface area contributed by atoms with E-state index in [1.54, 1.807) is 87.5 Å². The first-order valence-corrected chi connectivity index (χ1v) is 15.6. The molecule has 0 spiro atoms. The number of aromatic nitrogens is 2. The summed E-state index contributed by atoms with van der Waals surface area (Å²) >= 11 is 0. The van der Waals surface area contributed by atoms with Crippen molar-refractivity contribution in [1.82, 2.24) is 9.97 Å². The fourth-order valence-corrected chi connectivity index (χ4v) is 5.19. The maximum atomic E-state index is 13.5. The van der Waals surface area contributed by atoms with Gasteiger partial charge in [-0.05, 0) is 64.1 Å². The smallest absolute Gasteiger partial charge is 0.358 e. The molecule has 1 aromatic heterocycles. The lowest BCUT2D eigenvalue weighted by atomic mass is 9.99. The van der Waals surface area contributed by atoms with Crippen LogP contribution in [0.3, 0.4) is 0 Å². The molecule has 4 atom stereocenters. The zero-order valence-corrected chi connectivity index (χ0v) is 27.6. The van der Waals surface area contributed by atoms with Crippen LogP contribution in [-0.4, -0.2) is 75.4 Å². The number of aryl methyl sites for hydroxylation is 1. The van der Waals surface area contributed by atoms with Crippen molar-refractivity contribution in [2.75, 3.05) is 6.61 Å². The molecule has 0 aliphatic carbocycles. The highest BCUT2D eigenvalue weighted by Gasteiger charge is 2.53. The van der Waals surface area contributed by atoms with Gasteiger partial charge in [-0.25, -0.2) is 33.9 Å². The number of aromatic carboxylic acids is 1. The molecular formula is C37H34N2O11. The van der Waals surface area contributed by atoms with Crippen molar-refractivity contribution in [3.05, 3.63) is 130 Å². The Kier molecular flexibility index (Phi) is 10.7. The van der Waals surface area contributed by atoms with Gasteiger partial charge in [0.25, 0.3) is 0 Å². The molecule has 4 aromatic rings. The number of esters is 4. The Morgan fingerprint density at radius 3 is 1.66 bits per heavy atom. The molecule has 0 unspecified atom stereocenters. The second-order valence-corrected chi connectivity index (χ2v) is 12.2. The van der Waals surface area contributed by atoms with Gasteiger partial charge in [0.2, 0.25) is 0 Å². The van der Waals surface area contributed by atoms with E-state index in [9.17, 15) is 29.1 Å². The zero-order valence-electron chi connectivity index (χ0n) is 27.6. The molecule has 5 rings (SSSR count). The summed E-state index contributed by atoms with van der Waals surface area (Å²) in [6, 6.07) is 24.0. The highest BCUT2D eigenvalue weighted by molar-refractivity contribution is 6.02. The minimum absolute atomic E-state index is 0.0284. The van der Waals surface area contributed by atoms with Crippen LogP contribution in [0.15, 0.2) is 91.0 Å². The molecule has 1 N–H and O–H groups in total. The molecule has 1 aliphatic heterocycles. The number of hydrogen-bond acceptors (Lipinski definition) is 12. The number of carbonyl (C=O) groups excluding carboxylic acids is 4. The summed E-state index contributed by atoms with van der Waals surface area (Å²) in [4.78, 5) is 74.4. The van der Waals surface area contributed by atoms with Gasteiger partial charge in [-0.2, -0.15) is 0 Å². The van der Waals surface area contributed by atoms with Crippen LogP contribution in [0.25, 0.3) is 0 Å². The summed E-state index contributed by atoms with van der Waals surface area (Å²) in [6.45, 7) is 5.72. The number of carboxylic acids is 1. The number of hydrogen-bond donors (Lipinski definition) is 1. The number of carboxylic acid groups (broad SMARTS) is 1. The zero-order chi connectivity index (χ0) is 36.0. The average molecular weight is 683 g/mol. The van der Waals surface area contributed by atoms with Crippen molar-refractivity contribution in [3.8, 4) is 0 Å². The highest BCUT2D eigenvalue weighted by atomic mass is 16.7. The van der Waals surface area contributed by atoms with Crippen LogP contribution in [0, 0.1) is 6.92 Å². The second kappa shape index (κ2) is 15.1. The summed E-state index contributed by atoms with van der Waals surface area (Å²) in [5, 5.41) is 10.4. The Labute approximate surface area is 287 Å². The van der Waals surface area contributed by atoms with E-state index in [1.807, 2.05) is 0 Å². The quantitative estimate of drug-likeness (QED) is 0.171. The van der Waals surface area contributed by atoms with Crippen LogP contribution in [-0.2, 0) is 23.7 Å². The van der Waals surface area contributed by atoms with Gasteiger partial charge in [-0.1, -0.05) is 54.6 Å². The molecule has 1 aliphatic rings. The van der Waals surface area contributed by atoms with Gasteiger partial charge < -0.3 is 28.8 Å². The first-order chi connectivity index (χ1) is 23.8. The van der Waals surface area contributed by atoms with E-state index in [-0.39, 0.29) is 28.2 Å². The molecule has 0 amide bonds. The third-order valence-electron chi connectivity index (χ3n) is 7.33. The Morgan fingerprint density at radius 2 is 1.18 bits per heavy atom. The Balaban J connectivity index is 1.62. The van der Waals surface area contributed by atoms with Gasteiger partial charge in [0.15, 0.2) is 17.9 Å².